The Balaban J connectivity index is 1.30. The van der Waals surface area contributed by atoms with Gasteiger partial charge in [0, 0.05) is 72.1 Å². The van der Waals surface area contributed by atoms with Crippen LogP contribution in [0.1, 0.15) is 118 Å². The van der Waals surface area contributed by atoms with E-state index >= 15 is 0 Å². The van der Waals surface area contributed by atoms with E-state index in [-0.39, 0.29) is 122 Å². The molecular formula is C73H113N11O20. The van der Waals surface area contributed by atoms with Crippen LogP contribution in [-0.4, -0.2) is 251 Å². The van der Waals surface area contributed by atoms with Crippen LogP contribution < -0.4 is 37.6 Å². The van der Waals surface area contributed by atoms with Crippen LogP contribution in [0, 0.1) is 29.6 Å². The fourth-order valence-electron chi connectivity index (χ4n) is 12.4. The van der Waals surface area contributed by atoms with E-state index in [4.69, 9.17) is 38.9 Å². The molecule has 0 bridgehead atoms. The number of hydrogen-bond acceptors (Lipinski definition) is 19. The van der Waals surface area contributed by atoms with Gasteiger partial charge in [0.1, 0.15) is 36.8 Å². The average Bonchev–Trinajstić information content (AvgIpc) is 1.35. The topological polar surface area (TPSA) is 401 Å². The molecule has 2 aromatic rings. The first kappa shape index (κ1) is 87.8. The highest BCUT2D eigenvalue weighted by atomic mass is 16.6. The van der Waals surface area contributed by atoms with Crippen molar-refractivity contribution in [2.75, 3.05) is 106 Å². The van der Waals surface area contributed by atoms with Crippen molar-refractivity contribution in [3.63, 3.8) is 0 Å². The van der Waals surface area contributed by atoms with E-state index in [1.54, 1.807) is 109 Å². The van der Waals surface area contributed by atoms with Crippen LogP contribution in [-0.2, 0) is 94.1 Å². The molecule has 1 fully saturated rings. The predicted molar refractivity (Wildman–Crippen MR) is 384 cm³/mol. The van der Waals surface area contributed by atoms with E-state index in [2.05, 4.69) is 31.9 Å². The number of likely N-dealkylation sites (tertiary alicyclic amines) is 1. The molecule has 2 heterocycles. The van der Waals surface area contributed by atoms with E-state index < -0.39 is 132 Å². The van der Waals surface area contributed by atoms with Gasteiger partial charge in [0.2, 0.25) is 41.4 Å². The maximum atomic E-state index is 14.8. The molecule has 104 heavy (non-hydrogen) atoms. The Morgan fingerprint density at radius 1 is 0.654 bits per heavy atom. The predicted octanol–water partition coefficient (Wildman–Crippen LogP) is 3.55. The number of carbonyl (C=O) groups excluding carboxylic acids is 11. The summed E-state index contributed by atoms with van der Waals surface area (Å²) in [5.41, 5.74) is 6.83. The Morgan fingerprint density at radius 3 is 1.79 bits per heavy atom. The third-order valence-electron chi connectivity index (χ3n) is 18.4. The second-order valence-electron chi connectivity index (χ2n) is 27.1. The van der Waals surface area contributed by atoms with Gasteiger partial charge in [0.05, 0.1) is 96.0 Å². The van der Waals surface area contributed by atoms with E-state index in [9.17, 15) is 62.6 Å². The molecule has 12 amide bonds. The maximum Gasteiger partial charge on any atom is 0.410 e. The van der Waals surface area contributed by atoms with E-state index in [1.807, 2.05) is 19.9 Å². The number of carboxylic acid groups (broad SMARTS) is 1. The molecule has 580 valence electrons. The number of anilines is 1. The summed E-state index contributed by atoms with van der Waals surface area (Å²) in [7, 11) is 5.96. The molecule has 0 radical (unpaired) electrons. The standard InChI is InChI=1S/C73H113N11O20/c1-14-48(8)64(56(98-12)43-60(88)83-32-19-23-55(83)65(99-13)49(9)66(89)78-54(71(94)95)42-50-20-16-15-17-21-50)81(10)70(93)62(46(4)5)80-69(92)63(47(6)7)82(11)73(97)104-44-51-24-26-52(27-25-51)76-67(90)53(22-18-31-75-72(74)96)77-68(91)61(45(2)3)79-57(85)30-34-100-36-38-102-40-41-103-39-37-101-35-33-84-58(86)28-29-59(84)87/h15-17,20-21,24-29,45-49,53-56,61-65H,14,18-19,22-23,30-44H2,1-13H3,(H,76,90)(H,77,91)(H,78,89)(H,79,85)(H,80,92)(H,94,95)(H3,74,75,96)/t48-,49+,53?,54-,55-,56+,61-,62-,63-,64-,65+/m0/s1. The number of benzene rings is 2. The number of imide groups is 1. The summed E-state index contributed by atoms with van der Waals surface area (Å²) in [6.07, 6.45) is 1.89. The van der Waals surface area contributed by atoms with Gasteiger partial charge in [0.25, 0.3) is 11.8 Å². The van der Waals surface area contributed by atoms with E-state index in [1.165, 1.54) is 38.3 Å². The van der Waals surface area contributed by atoms with Crippen LogP contribution in [0.4, 0.5) is 15.3 Å². The lowest BCUT2D eigenvalue weighted by Crippen LogP contribution is -2.60. The van der Waals surface area contributed by atoms with Crippen molar-refractivity contribution in [3.05, 3.63) is 77.9 Å². The molecule has 0 spiro atoms. The summed E-state index contributed by atoms with van der Waals surface area (Å²) in [4.78, 5) is 164. The zero-order valence-corrected chi connectivity index (χ0v) is 62.6. The van der Waals surface area contributed by atoms with Crippen LogP contribution >= 0.6 is 0 Å². The van der Waals surface area contributed by atoms with Crippen LogP contribution in [0.15, 0.2) is 66.7 Å². The molecule has 2 aliphatic heterocycles. The highest BCUT2D eigenvalue weighted by Crippen LogP contribution is 2.30. The van der Waals surface area contributed by atoms with Crippen LogP contribution in [0.3, 0.4) is 0 Å². The smallest absolute Gasteiger partial charge is 0.410 e. The summed E-state index contributed by atoms with van der Waals surface area (Å²) in [6.45, 7) is 18.3. The molecule has 0 aliphatic carbocycles. The van der Waals surface area contributed by atoms with Gasteiger partial charge in [0.15, 0.2) is 0 Å². The van der Waals surface area contributed by atoms with Gasteiger partial charge in [-0.05, 0) is 72.6 Å². The molecule has 9 N–H and O–H groups in total. The van der Waals surface area contributed by atoms with Gasteiger partial charge in [-0.3, -0.25) is 53.0 Å². The number of rotatable bonds is 48. The summed E-state index contributed by atoms with van der Waals surface area (Å²) in [6, 6.07) is 7.78. The zero-order chi connectivity index (χ0) is 77.2. The number of carboxylic acids is 1. The van der Waals surface area contributed by atoms with Crippen molar-refractivity contribution in [1.82, 2.24) is 46.2 Å². The lowest BCUT2D eigenvalue weighted by atomic mass is 9.89. The fraction of sp³-hybridized carbons (Fsp3) is 0.644. The first-order valence-corrected chi connectivity index (χ1v) is 35.7. The number of amides is 12. The molecule has 31 nitrogen and oxygen atoms in total. The number of likely N-dealkylation sites (N-methyl/N-ethyl adjacent to an activating group) is 2. The summed E-state index contributed by atoms with van der Waals surface area (Å²) >= 11 is 0. The molecule has 0 saturated carbocycles. The van der Waals surface area contributed by atoms with Crippen molar-refractivity contribution >= 4 is 76.9 Å². The van der Waals surface area contributed by atoms with Crippen molar-refractivity contribution in [2.45, 2.75) is 175 Å². The molecule has 31 heteroatoms. The third kappa shape index (κ3) is 28.4. The SMILES string of the molecule is CC[C@H](C)[C@@H]([C@@H](CC(=O)N1CCC[C@H]1[C@H](OC)[C@@H](C)C(=O)N[C@@H](Cc1ccccc1)C(=O)O)OC)N(C)C(=O)[C@@H](NC(=O)[C@H](C(C)C)N(C)C(=O)OCc1ccc(NC(=O)C(CCCNC(N)=O)NC(=O)[C@@H](NC(=O)CCOCCOCCOCCOCCN2C(=O)C=CC2=O)C(C)C)cc1)C(C)C. The minimum absolute atomic E-state index is 0.0359. The Bertz CT molecular complexity index is 3120. The van der Waals surface area contributed by atoms with Crippen molar-refractivity contribution in [1.29, 1.82) is 0 Å². The van der Waals surface area contributed by atoms with Crippen molar-refractivity contribution < 1.29 is 95.8 Å². The molecule has 1 unspecified atom stereocenters. The fourth-order valence-corrected chi connectivity index (χ4v) is 12.4. The van der Waals surface area contributed by atoms with Gasteiger partial charge in [-0.2, -0.15) is 0 Å². The number of hydrogen-bond donors (Lipinski definition) is 8. The molecular weight excluding hydrogens is 1350 g/mol. The number of primary amides is 1. The second kappa shape index (κ2) is 45.6. The minimum atomic E-state index is -1.20. The third-order valence-corrected chi connectivity index (χ3v) is 18.4. The monoisotopic (exact) mass is 1460 g/mol. The van der Waals surface area contributed by atoms with Crippen LogP contribution in [0.25, 0.3) is 0 Å². The highest BCUT2D eigenvalue weighted by Gasteiger charge is 2.44. The maximum absolute atomic E-state index is 14.8. The van der Waals surface area contributed by atoms with Gasteiger partial charge in [-0.25, -0.2) is 14.4 Å². The van der Waals surface area contributed by atoms with Crippen molar-refractivity contribution in [2.24, 2.45) is 35.3 Å². The normalized spacial score (nSPS) is 16.5. The number of nitrogens with one attached hydrogen (secondary N) is 6. The second-order valence-corrected chi connectivity index (χ2v) is 27.1. The Kier molecular flexibility index (Phi) is 38.5. The summed E-state index contributed by atoms with van der Waals surface area (Å²) in [5, 5.41) is 26.4. The first-order chi connectivity index (χ1) is 49.4. The number of nitrogens with two attached hydrogens (primary N) is 1. The first-order valence-electron chi connectivity index (χ1n) is 35.7. The Labute approximate surface area is 610 Å². The van der Waals surface area contributed by atoms with Gasteiger partial charge in [-0.15, -0.1) is 0 Å². The molecule has 1 saturated heterocycles. The molecule has 2 aliphatic rings. The molecule has 4 rings (SSSR count). The number of aliphatic carboxylic acids is 1. The van der Waals surface area contributed by atoms with Crippen LogP contribution in [0.5, 0.6) is 0 Å². The number of carbonyl (C=O) groups is 12. The number of ether oxygens (including phenoxy) is 7. The summed E-state index contributed by atoms with van der Waals surface area (Å²) in [5.74, 6) is -7.87. The average molecular weight is 1460 g/mol. The highest BCUT2D eigenvalue weighted by molar-refractivity contribution is 6.12. The quantitative estimate of drug-likeness (QED) is 0.0347. The minimum Gasteiger partial charge on any atom is -0.480 e. The van der Waals surface area contributed by atoms with Gasteiger partial charge < -0.3 is 85.7 Å². The lowest BCUT2D eigenvalue weighted by molar-refractivity contribution is -0.148. The Hall–Kier alpha value is -8.62. The van der Waals surface area contributed by atoms with E-state index in [0.717, 1.165) is 15.4 Å². The van der Waals surface area contributed by atoms with Crippen LogP contribution in [0.2, 0.25) is 0 Å². The number of methoxy groups -OCH3 is 2. The number of urea groups is 1. The number of nitrogens with zero attached hydrogens (tertiary/aromatic N) is 4. The van der Waals surface area contributed by atoms with Crippen molar-refractivity contribution in [3.8, 4) is 0 Å². The molecule has 2 aromatic carbocycles. The van der Waals surface area contributed by atoms with Gasteiger partial charge in [-0.1, -0.05) is 111 Å². The largest absolute Gasteiger partial charge is 0.480 e. The summed E-state index contributed by atoms with van der Waals surface area (Å²) < 4.78 is 39.6. The Morgan fingerprint density at radius 2 is 1.24 bits per heavy atom. The zero-order valence-electron chi connectivity index (χ0n) is 62.6. The lowest BCUT2D eigenvalue weighted by Gasteiger charge is -2.41. The van der Waals surface area contributed by atoms with Gasteiger partial charge >= 0.3 is 18.1 Å². The molecule has 0 aromatic heterocycles. The molecule has 11 atom stereocenters. The van der Waals surface area contributed by atoms with E-state index in [0.29, 0.717) is 43.7 Å².